The SMILES string of the molecule is CC(Sc1ncnc2ccccc12)C(=N)N. The van der Waals surface area contributed by atoms with Crippen molar-refractivity contribution in [1.82, 2.24) is 9.97 Å². The molecule has 4 nitrogen and oxygen atoms in total. The first-order valence-corrected chi connectivity index (χ1v) is 5.77. The molecule has 82 valence electrons. The smallest absolute Gasteiger partial charge is 0.117 e. The van der Waals surface area contributed by atoms with Crippen LogP contribution in [0.4, 0.5) is 0 Å². The molecule has 0 spiro atoms. The van der Waals surface area contributed by atoms with Gasteiger partial charge in [-0.15, -0.1) is 0 Å². The van der Waals surface area contributed by atoms with Gasteiger partial charge in [-0.2, -0.15) is 0 Å². The third kappa shape index (κ3) is 2.14. The van der Waals surface area contributed by atoms with Crippen molar-refractivity contribution in [3.05, 3.63) is 30.6 Å². The Balaban J connectivity index is 2.41. The van der Waals surface area contributed by atoms with Crippen molar-refractivity contribution in [2.75, 3.05) is 0 Å². The average Bonchev–Trinajstić information content (AvgIpc) is 2.29. The molecule has 2 rings (SSSR count). The van der Waals surface area contributed by atoms with Crippen LogP contribution in [0.3, 0.4) is 0 Å². The largest absolute Gasteiger partial charge is 0.387 e. The van der Waals surface area contributed by atoms with Crippen LogP contribution >= 0.6 is 11.8 Å². The van der Waals surface area contributed by atoms with E-state index in [2.05, 4.69) is 9.97 Å². The summed E-state index contributed by atoms with van der Waals surface area (Å²) < 4.78 is 0. The number of aromatic nitrogens is 2. The van der Waals surface area contributed by atoms with Gasteiger partial charge >= 0.3 is 0 Å². The highest BCUT2D eigenvalue weighted by molar-refractivity contribution is 8.00. The van der Waals surface area contributed by atoms with Crippen LogP contribution in [0, 0.1) is 5.41 Å². The summed E-state index contributed by atoms with van der Waals surface area (Å²) in [6, 6.07) is 7.82. The Labute approximate surface area is 97.8 Å². The number of hydrogen-bond acceptors (Lipinski definition) is 4. The Kier molecular flexibility index (Phi) is 3.05. The molecule has 2 aromatic rings. The van der Waals surface area contributed by atoms with Crippen molar-refractivity contribution < 1.29 is 0 Å². The van der Waals surface area contributed by atoms with Gasteiger partial charge < -0.3 is 5.73 Å². The summed E-state index contributed by atoms with van der Waals surface area (Å²) in [6.45, 7) is 1.89. The molecule has 0 aliphatic heterocycles. The molecule has 0 fully saturated rings. The van der Waals surface area contributed by atoms with Crippen molar-refractivity contribution in [2.24, 2.45) is 5.73 Å². The molecule has 1 unspecified atom stereocenters. The molecular weight excluding hydrogens is 220 g/mol. The first-order chi connectivity index (χ1) is 7.68. The van der Waals surface area contributed by atoms with Gasteiger partial charge in [0, 0.05) is 5.39 Å². The summed E-state index contributed by atoms with van der Waals surface area (Å²) >= 11 is 1.48. The van der Waals surface area contributed by atoms with Crippen LogP contribution in [-0.2, 0) is 0 Å². The maximum atomic E-state index is 7.37. The number of para-hydroxylation sites is 1. The number of nitrogens with one attached hydrogen (secondary N) is 1. The van der Waals surface area contributed by atoms with Crippen LogP contribution in [0.25, 0.3) is 10.9 Å². The van der Waals surface area contributed by atoms with Crippen molar-refractivity contribution in [3.63, 3.8) is 0 Å². The summed E-state index contributed by atoms with van der Waals surface area (Å²) in [6.07, 6.45) is 1.54. The molecule has 3 N–H and O–H groups in total. The van der Waals surface area contributed by atoms with Crippen molar-refractivity contribution in [3.8, 4) is 0 Å². The van der Waals surface area contributed by atoms with Crippen LogP contribution in [0.15, 0.2) is 35.6 Å². The molecule has 1 heterocycles. The number of nitrogens with zero attached hydrogens (tertiary/aromatic N) is 2. The molecule has 0 radical (unpaired) electrons. The Morgan fingerprint density at radius 1 is 1.38 bits per heavy atom. The molecule has 0 amide bonds. The quantitative estimate of drug-likeness (QED) is 0.367. The van der Waals surface area contributed by atoms with Crippen LogP contribution in [0.1, 0.15) is 6.92 Å². The number of benzene rings is 1. The zero-order chi connectivity index (χ0) is 11.5. The van der Waals surface area contributed by atoms with Gasteiger partial charge in [-0.1, -0.05) is 30.0 Å². The van der Waals surface area contributed by atoms with Gasteiger partial charge in [0.1, 0.15) is 17.2 Å². The van der Waals surface area contributed by atoms with E-state index in [0.717, 1.165) is 15.9 Å². The molecule has 0 aliphatic carbocycles. The van der Waals surface area contributed by atoms with E-state index in [0.29, 0.717) is 0 Å². The lowest BCUT2D eigenvalue weighted by atomic mass is 10.2. The molecule has 1 atom stereocenters. The van der Waals surface area contributed by atoms with E-state index in [4.69, 9.17) is 11.1 Å². The number of amidine groups is 1. The summed E-state index contributed by atoms with van der Waals surface area (Å²) in [4.78, 5) is 8.41. The Morgan fingerprint density at radius 2 is 2.12 bits per heavy atom. The molecule has 0 saturated heterocycles. The summed E-state index contributed by atoms with van der Waals surface area (Å²) in [7, 11) is 0. The maximum absolute atomic E-state index is 7.37. The lowest BCUT2D eigenvalue weighted by molar-refractivity contribution is 1.09. The van der Waals surface area contributed by atoms with Gasteiger partial charge in [0.2, 0.25) is 0 Å². The minimum absolute atomic E-state index is 0.0710. The number of nitrogens with two attached hydrogens (primary N) is 1. The Morgan fingerprint density at radius 3 is 2.88 bits per heavy atom. The molecule has 1 aromatic heterocycles. The molecule has 0 aliphatic rings. The predicted octanol–water partition coefficient (Wildman–Crippen LogP) is 2.05. The second-order valence-corrected chi connectivity index (χ2v) is 4.74. The number of thioether (sulfide) groups is 1. The summed E-state index contributed by atoms with van der Waals surface area (Å²) in [5.41, 5.74) is 6.36. The van der Waals surface area contributed by atoms with Crippen molar-refractivity contribution in [2.45, 2.75) is 17.2 Å². The Hall–Kier alpha value is -1.62. The number of rotatable bonds is 3. The summed E-state index contributed by atoms with van der Waals surface area (Å²) in [5, 5.41) is 9.17. The fourth-order valence-corrected chi connectivity index (χ4v) is 2.17. The topological polar surface area (TPSA) is 75.7 Å². The lowest BCUT2D eigenvalue weighted by Gasteiger charge is -2.09. The molecular formula is C11H12N4S. The maximum Gasteiger partial charge on any atom is 0.117 e. The molecule has 5 heteroatoms. The van der Waals surface area contributed by atoms with E-state index in [1.165, 1.54) is 18.1 Å². The minimum atomic E-state index is -0.0710. The number of hydrogen-bond donors (Lipinski definition) is 2. The van der Waals surface area contributed by atoms with Gasteiger partial charge in [-0.3, -0.25) is 5.41 Å². The van der Waals surface area contributed by atoms with E-state index >= 15 is 0 Å². The number of fused-ring (bicyclic) bond motifs is 1. The lowest BCUT2D eigenvalue weighted by Crippen LogP contribution is -2.21. The average molecular weight is 232 g/mol. The van der Waals surface area contributed by atoms with Crippen LogP contribution in [0.2, 0.25) is 0 Å². The highest BCUT2D eigenvalue weighted by Gasteiger charge is 2.11. The van der Waals surface area contributed by atoms with Crippen molar-refractivity contribution in [1.29, 1.82) is 5.41 Å². The molecule has 1 aromatic carbocycles. The molecule has 0 bridgehead atoms. The highest BCUT2D eigenvalue weighted by atomic mass is 32.2. The molecule has 0 saturated carbocycles. The second kappa shape index (κ2) is 4.49. The zero-order valence-electron chi connectivity index (χ0n) is 8.84. The zero-order valence-corrected chi connectivity index (χ0v) is 9.66. The Bertz CT molecular complexity index is 521. The van der Waals surface area contributed by atoms with Gasteiger partial charge in [-0.25, -0.2) is 9.97 Å². The van der Waals surface area contributed by atoms with E-state index in [1.807, 2.05) is 31.2 Å². The van der Waals surface area contributed by atoms with Gasteiger partial charge in [-0.05, 0) is 13.0 Å². The van der Waals surface area contributed by atoms with Gasteiger partial charge in [0.15, 0.2) is 0 Å². The fourth-order valence-electron chi connectivity index (χ4n) is 1.30. The van der Waals surface area contributed by atoms with Gasteiger partial charge in [0.05, 0.1) is 10.8 Å². The first-order valence-electron chi connectivity index (χ1n) is 4.89. The normalized spacial score (nSPS) is 12.6. The monoisotopic (exact) mass is 232 g/mol. The van der Waals surface area contributed by atoms with E-state index in [1.54, 1.807) is 0 Å². The third-order valence-electron chi connectivity index (χ3n) is 2.23. The standard InChI is InChI=1S/C11H12N4S/c1-7(10(12)13)16-11-8-4-2-3-5-9(8)14-6-15-11/h2-7H,1H3,(H3,12,13). The predicted molar refractivity (Wildman–Crippen MR) is 66.8 cm³/mol. The third-order valence-corrected chi connectivity index (χ3v) is 3.39. The minimum Gasteiger partial charge on any atom is -0.387 e. The van der Waals surface area contributed by atoms with E-state index in [-0.39, 0.29) is 11.1 Å². The van der Waals surface area contributed by atoms with E-state index < -0.39 is 0 Å². The van der Waals surface area contributed by atoms with Gasteiger partial charge in [0.25, 0.3) is 0 Å². The van der Waals surface area contributed by atoms with Crippen LogP contribution in [0.5, 0.6) is 0 Å². The van der Waals surface area contributed by atoms with Crippen LogP contribution < -0.4 is 5.73 Å². The van der Waals surface area contributed by atoms with Crippen molar-refractivity contribution >= 4 is 28.5 Å². The molecule has 16 heavy (non-hydrogen) atoms. The first kappa shape index (κ1) is 10.9. The highest BCUT2D eigenvalue weighted by Crippen LogP contribution is 2.27. The second-order valence-electron chi connectivity index (χ2n) is 3.41. The fraction of sp³-hybridized carbons (Fsp3) is 0.182. The van der Waals surface area contributed by atoms with E-state index in [9.17, 15) is 0 Å². The van der Waals surface area contributed by atoms with Crippen LogP contribution in [-0.4, -0.2) is 21.1 Å². The summed E-state index contributed by atoms with van der Waals surface area (Å²) in [5.74, 6) is 0.160.